The second-order valence-electron chi connectivity index (χ2n) is 4.64. The standard InChI is InChI=1S/C17H20N2/c1-3-15(12-18-2)17-13-19-10-9-16(17)11-14-7-5-4-6-8-14/h3-8,12,19H,1-2,9-11,13H2/b15-12+. The maximum Gasteiger partial charge on any atom is 0.0336 e. The van der Waals surface area contributed by atoms with Crippen LogP contribution in [-0.4, -0.2) is 19.8 Å². The molecule has 2 heteroatoms. The van der Waals surface area contributed by atoms with E-state index in [1.807, 2.05) is 6.08 Å². The minimum absolute atomic E-state index is 0.884. The lowest BCUT2D eigenvalue weighted by Gasteiger charge is -2.22. The Labute approximate surface area is 115 Å². The topological polar surface area (TPSA) is 24.4 Å². The summed E-state index contributed by atoms with van der Waals surface area (Å²) in [4.78, 5) is 3.88. The number of hydrogen-bond acceptors (Lipinski definition) is 2. The Morgan fingerprint density at radius 2 is 2.11 bits per heavy atom. The number of hydrogen-bond donors (Lipinski definition) is 1. The van der Waals surface area contributed by atoms with E-state index in [0.717, 1.165) is 31.5 Å². The second-order valence-corrected chi connectivity index (χ2v) is 4.64. The van der Waals surface area contributed by atoms with Gasteiger partial charge in [-0.2, -0.15) is 0 Å². The van der Waals surface area contributed by atoms with Gasteiger partial charge in [-0.15, -0.1) is 0 Å². The van der Waals surface area contributed by atoms with Crippen LogP contribution in [0.25, 0.3) is 0 Å². The summed E-state index contributed by atoms with van der Waals surface area (Å²) in [5.74, 6) is 0. The summed E-state index contributed by atoms with van der Waals surface area (Å²) in [5, 5.41) is 3.42. The molecule has 1 aromatic carbocycles. The van der Waals surface area contributed by atoms with Crippen LogP contribution < -0.4 is 5.32 Å². The van der Waals surface area contributed by atoms with Crippen molar-refractivity contribution in [3.63, 3.8) is 0 Å². The summed E-state index contributed by atoms with van der Waals surface area (Å²) in [6, 6.07) is 10.6. The van der Waals surface area contributed by atoms with Crippen molar-refractivity contribution in [1.29, 1.82) is 0 Å². The van der Waals surface area contributed by atoms with Crippen molar-refractivity contribution >= 4 is 6.72 Å². The number of rotatable bonds is 5. The maximum absolute atomic E-state index is 3.88. The molecule has 2 nitrogen and oxygen atoms in total. The summed E-state index contributed by atoms with van der Waals surface area (Å²) in [7, 11) is 0. The Bertz CT molecular complexity index is 509. The number of nitrogens with one attached hydrogen (secondary N) is 1. The molecule has 1 heterocycles. The van der Waals surface area contributed by atoms with E-state index < -0.39 is 0 Å². The van der Waals surface area contributed by atoms with E-state index in [-0.39, 0.29) is 0 Å². The van der Waals surface area contributed by atoms with Crippen LogP contribution in [-0.2, 0) is 6.42 Å². The first-order valence-electron chi connectivity index (χ1n) is 6.59. The Morgan fingerprint density at radius 1 is 1.32 bits per heavy atom. The molecule has 1 aromatic rings. The van der Waals surface area contributed by atoms with Crippen molar-refractivity contribution in [2.24, 2.45) is 4.99 Å². The smallest absolute Gasteiger partial charge is 0.0336 e. The van der Waals surface area contributed by atoms with E-state index >= 15 is 0 Å². The first-order valence-corrected chi connectivity index (χ1v) is 6.59. The molecule has 0 aliphatic carbocycles. The zero-order chi connectivity index (χ0) is 13.5. The first kappa shape index (κ1) is 13.5. The molecule has 2 rings (SSSR count). The van der Waals surface area contributed by atoms with Gasteiger partial charge in [-0.05, 0) is 42.8 Å². The minimum Gasteiger partial charge on any atom is -0.312 e. The fraction of sp³-hybridized carbons (Fsp3) is 0.235. The Balaban J connectivity index is 2.31. The summed E-state index contributed by atoms with van der Waals surface area (Å²) in [5.41, 5.74) is 5.22. The molecule has 0 saturated heterocycles. The molecule has 0 unspecified atom stereocenters. The van der Waals surface area contributed by atoms with Crippen LogP contribution in [0.5, 0.6) is 0 Å². The molecule has 0 atom stereocenters. The van der Waals surface area contributed by atoms with Gasteiger partial charge in [0.1, 0.15) is 0 Å². The van der Waals surface area contributed by atoms with Crippen molar-refractivity contribution in [3.8, 4) is 0 Å². The van der Waals surface area contributed by atoms with Crippen LogP contribution in [0.15, 0.2) is 70.9 Å². The van der Waals surface area contributed by atoms with Gasteiger partial charge in [0.2, 0.25) is 0 Å². The average molecular weight is 252 g/mol. The second kappa shape index (κ2) is 6.86. The van der Waals surface area contributed by atoms with Crippen LogP contribution in [0, 0.1) is 0 Å². The lowest BCUT2D eigenvalue weighted by atomic mass is 9.91. The highest BCUT2D eigenvalue weighted by atomic mass is 14.9. The van der Waals surface area contributed by atoms with Crippen LogP contribution in [0.1, 0.15) is 12.0 Å². The SMILES string of the molecule is C=C/C(=C\N=C)C1=C(Cc2ccccc2)CCNC1. The summed E-state index contributed by atoms with van der Waals surface area (Å²) in [6.07, 6.45) is 5.73. The predicted molar refractivity (Wildman–Crippen MR) is 82.5 cm³/mol. The van der Waals surface area contributed by atoms with Gasteiger partial charge in [0, 0.05) is 12.7 Å². The van der Waals surface area contributed by atoms with Crippen molar-refractivity contribution < 1.29 is 0 Å². The highest BCUT2D eigenvalue weighted by Crippen LogP contribution is 2.24. The summed E-state index contributed by atoms with van der Waals surface area (Å²) < 4.78 is 0. The van der Waals surface area contributed by atoms with E-state index in [2.05, 4.69) is 53.9 Å². The molecule has 19 heavy (non-hydrogen) atoms. The lowest BCUT2D eigenvalue weighted by Crippen LogP contribution is -2.26. The van der Waals surface area contributed by atoms with Gasteiger partial charge in [-0.3, -0.25) is 4.99 Å². The van der Waals surface area contributed by atoms with Crippen molar-refractivity contribution in [2.45, 2.75) is 12.8 Å². The van der Waals surface area contributed by atoms with Gasteiger partial charge < -0.3 is 5.32 Å². The number of nitrogens with zero attached hydrogens (tertiary/aromatic N) is 1. The third kappa shape index (κ3) is 3.52. The predicted octanol–water partition coefficient (Wildman–Crippen LogP) is 3.29. The van der Waals surface area contributed by atoms with Crippen LogP contribution in [0.3, 0.4) is 0 Å². The molecule has 0 fully saturated rings. The van der Waals surface area contributed by atoms with Gasteiger partial charge >= 0.3 is 0 Å². The van der Waals surface area contributed by atoms with E-state index in [0.29, 0.717) is 0 Å². The number of aliphatic imine (C=N–C) groups is 1. The lowest BCUT2D eigenvalue weighted by molar-refractivity contribution is 0.671. The molecular weight excluding hydrogens is 232 g/mol. The van der Waals surface area contributed by atoms with E-state index in [1.54, 1.807) is 6.20 Å². The van der Waals surface area contributed by atoms with Gasteiger partial charge in [-0.1, -0.05) is 48.6 Å². The number of allylic oxidation sites excluding steroid dienone is 1. The molecule has 1 aliphatic rings. The molecule has 1 aliphatic heterocycles. The molecule has 1 N–H and O–H groups in total. The monoisotopic (exact) mass is 252 g/mol. The van der Waals surface area contributed by atoms with E-state index in [4.69, 9.17) is 0 Å². The minimum atomic E-state index is 0.884. The Hall–Kier alpha value is -1.93. The average Bonchev–Trinajstić information content (AvgIpc) is 2.47. The quantitative estimate of drug-likeness (QED) is 0.631. The van der Waals surface area contributed by atoms with Gasteiger partial charge in [0.15, 0.2) is 0 Å². The highest BCUT2D eigenvalue weighted by Gasteiger charge is 2.14. The third-order valence-electron chi connectivity index (χ3n) is 3.39. The zero-order valence-corrected chi connectivity index (χ0v) is 11.2. The molecule has 0 saturated carbocycles. The van der Waals surface area contributed by atoms with Crippen LogP contribution in [0.2, 0.25) is 0 Å². The molecular formula is C17H20N2. The Morgan fingerprint density at radius 3 is 2.79 bits per heavy atom. The highest BCUT2D eigenvalue weighted by molar-refractivity contribution is 5.46. The fourth-order valence-corrected chi connectivity index (χ4v) is 2.42. The molecule has 0 bridgehead atoms. The summed E-state index contributed by atoms with van der Waals surface area (Å²) in [6.45, 7) is 9.34. The van der Waals surface area contributed by atoms with Crippen molar-refractivity contribution in [2.75, 3.05) is 13.1 Å². The van der Waals surface area contributed by atoms with E-state index in [1.165, 1.54) is 16.7 Å². The van der Waals surface area contributed by atoms with Gasteiger partial charge in [-0.25, -0.2) is 0 Å². The van der Waals surface area contributed by atoms with E-state index in [9.17, 15) is 0 Å². The molecule has 98 valence electrons. The molecule has 0 spiro atoms. The van der Waals surface area contributed by atoms with Gasteiger partial charge in [0.25, 0.3) is 0 Å². The van der Waals surface area contributed by atoms with Crippen LogP contribution in [0.4, 0.5) is 0 Å². The molecule has 0 radical (unpaired) electrons. The Kier molecular flexibility index (Phi) is 4.87. The van der Waals surface area contributed by atoms with Crippen molar-refractivity contribution in [3.05, 3.63) is 71.5 Å². The maximum atomic E-state index is 3.88. The normalized spacial score (nSPS) is 16.3. The zero-order valence-electron chi connectivity index (χ0n) is 11.2. The largest absolute Gasteiger partial charge is 0.312 e. The number of benzene rings is 1. The third-order valence-corrected chi connectivity index (χ3v) is 3.39. The first-order chi connectivity index (χ1) is 9.35. The molecule has 0 aromatic heterocycles. The fourth-order valence-electron chi connectivity index (χ4n) is 2.42. The van der Waals surface area contributed by atoms with Crippen LogP contribution >= 0.6 is 0 Å². The van der Waals surface area contributed by atoms with Gasteiger partial charge in [0.05, 0.1) is 0 Å². The van der Waals surface area contributed by atoms with Crippen molar-refractivity contribution in [1.82, 2.24) is 5.32 Å². The molecule has 0 amide bonds. The summed E-state index contributed by atoms with van der Waals surface area (Å²) >= 11 is 0.